The maximum absolute atomic E-state index is 12.7. The highest BCUT2D eigenvalue weighted by molar-refractivity contribution is 6.03. The lowest BCUT2D eigenvalue weighted by molar-refractivity contribution is 0.102. The van der Waals surface area contributed by atoms with Gasteiger partial charge in [0.2, 0.25) is 0 Å². The third kappa shape index (κ3) is 5.40. The van der Waals surface area contributed by atoms with Crippen molar-refractivity contribution in [2.45, 2.75) is 64.5 Å². The zero-order valence-electron chi connectivity index (χ0n) is 20.5. The molecule has 0 radical (unpaired) electrons. The number of amides is 1. The third-order valence-corrected chi connectivity index (χ3v) is 7.25. The van der Waals surface area contributed by atoms with Gasteiger partial charge in [0, 0.05) is 30.6 Å². The van der Waals surface area contributed by atoms with Gasteiger partial charge in [0.05, 0.1) is 6.20 Å². The SMILES string of the molecule is Cc1c(OC2CCN(C)CC2)ccc2cc(NC(=O)c3cn(CC4CCCCC4)nn3)c(=O)oc12. The zero-order valence-corrected chi connectivity index (χ0v) is 20.5. The summed E-state index contributed by atoms with van der Waals surface area (Å²) in [5.74, 6) is 0.817. The molecule has 2 fully saturated rings. The number of carbonyl (C=O) groups is 1. The molecular weight excluding hydrogens is 446 g/mol. The van der Waals surface area contributed by atoms with Crippen LogP contribution in [-0.4, -0.2) is 52.0 Å². The van der Waals surface area contributed by atoms with Crippen molar-refractivity contribution in [2.75, 3.05) is 25.5 Å². The molecule has 1 N–H and O–H groups in total. The molecule has 35 heavy (non-hydrogen) atoms. The van der Waals surface area contributed by atoms with Gasteiger partial charge in [-0.25, -0.2) is 4.79 Å². The van der Waals surface area contributed by atoms with Gasteiger partial charge in [0.15, 0.2) is 5.69 Å². The van der Waals surface area contributed by atoms with Crippen molar-refractivity contribution in [2.24, 2.45) is 5.92 Å². The van der Waals surface area contributed by atoms with E-state index in [4.69, 9.17) is 9.15 Å². The Morgan fingerprint density at radius 2 is 1.94 bits per heavy atom. The van der Waals surface area contributed by atoms with Crippen LogP contribution in [0.1, 0.15) is 61.0 Å². The van der Waals surface area contributed by atoms with Gasteiger partial charge in [-0.3, -0.25) is 9.48 Å². The Morgan fingerprint density at radius 1 is 1.17 bits per heavy atom. The Bertz CT molecular complexity index is 1250. The lowest BCUT2D eigenvalue weighted by Crippen LogP contribution is -2.35. The molecule has 0 spiro atoms. The first-order valence-electron chi connectivity index (χ1n) is 12.6. The van der Waals surface area contributed by atoms with E-state index in [-0.39, 0.29) is 17.5 Å². The van der Waals surface area contributed by atoms with Crippen LogP contribution in [0.3, 0.4) is 0 Å². The average Bonchev–Trinajstić information content (AvgIpc) is 3.32. The van der Waals surface area contributed by atoms with Crippen LogP contribution >= 0.6 is 0 Å². The summed E-state index contributed by atoms with van der Waals surface area (Å²) in [6, 6.07) is 5.39. The van der Waals surface area contributed by atoms with Crippen molar-refractivity contribution in [1.82, 2.24) is 19.9 Å². The predicted octanol–water partition coefficient (Wildman–Crippen LogP) is 4.00. The minimum absolute atomic E-state index is 0.0766. The summed E-state index contributed by atoms with van der Waals surface area (Å²) in [6.45, 7) is 4.66. The van der Waals surface area contributed by atoms with E-state index in [1.165, 1.54) is 32.1 Å². The van der Waals surface area contributed by atoms with Crippen LogP contribution < -0.4 is 15.7 Å². The van der Waals surface area contributed by atoms with Gasteiger partial charge in [-0.15, -0.1) is 5.10 Å². The van der Waals surface area contributed by atoms with Crippen LogP contribution in [0.25, 0.3) is 11.0 Å². The van der Waals surface area contributed by atoms with Gasteiger partial charge in [0.25, 0.3) is 5.91 Å². The normalized spacial score (nSPS) is 18.1. The Labute approximate surface area is 204 Å². The van der Waals surface area contributed by atoms with Gasteiger partial charge in [-0.2, -0.15) is 0 Å². The Kier molecular flexibility index (Phi) is 6.86. The number of hydrogen-bond donors (Lipinski definition) is 1. The van der Waals surface area contributed by atoms with Gasteiger partial charge in [-0.05, 0) is 63.8 Å². The molecule has 0 unspecified atom stereocenters. The number of benzene rings is 1. The topological polar surface area (TPSA) is 102 Å². The molecule has 5 rings (SSSR count). The van der Waals surface area contributed by atoms with Crippen LogP contribution in [-0.2, 0) is 6.54 Å². The molecule has 3 aromatic rings. The monoisotopic (exact) mass is 479 g/mol. The van der Waals surface area contributed by atoms with Gasteiger partial charge in [0.1, 0.15) is 23.1 Å². The number of aromatic nitrogens is 3. The van der Waals surface area contributed by atoms with E-state index in [1.807, 2.05) is 19.1 Å². The molecular formula is C26H33N5O4. The molecule has 3 heterocycles. The number of hydrogen-bond acceptors (Lipinski definition) is 7. The van der Waals surface area contributed by atoms with Crippen molar-refractivity contribution < 1.29 is 13.9 Å². The number of fused-ring (bicyclic) bond motifs is 1. The Balaban J connectivity index is 1.28. The fourth-order valence-corrected chi connectivity index (χ4v) is 5.12. The summed E-state index contributed by atoms with van der Waals surface area (Å²) in [5, 5.41) is 11.5. The first-order valence-corrected chi connectivity index (χ1v) is 12.6. The average molecular weight is 480 g/mol. The second-order valence-electron chi connectivity index (χ2n) is 9.96. The van der Waals surface area contributed by atoms with E-state index in [2.05, 4.69) is 27.6 Å². The van der Waals surface area contributed by atoms with E-state index >= 15 is 0 Å². The minimum Gasteiger partial charge on any atom is -0.490 e. The summed E-state index contributed by atoms with van der Waals surface area (Å²) in [6.07, 6.45) is 9.88. The van der Waals surface area contributed by atoms with E-state index in [0.29, 0.717) is 16.9 Å². The second kappa shape index (κ2) is 10.2. The maximum atomic E-state index is 12.7. The molecule has 0 atom stereocenters. The largest absolute Gasteiger partial charge is 0.490 e. The van der Waals surface area contributed by atoms with Crippen molar-refractivity contribution >= 4 is 22.6 Å². The fraction of sp³-hybridized carbons (Fsp3) is 0.538. The molecule has 9 heteroatoms. The highest BCUT2D eigenvalue weighted by atomic mass is 16.5. The first-order chi connectivity index (χ1) is 17.0. The van der Waals surface area contributed by atoms with Gasteiger partial charge < -0.3 is 19.4 Å². The molecule has 1 aliphatic heterocycles. The third-order valence-electron chi connectivity index (χ3n) is 7.25. The van der Waals surface area contributed by atoms with Crippen molar-refractivity contribution in [3.8, 4) is 5.75 Å². The molecule has 1 aliphatic carbocycles. The van der Waals surface area contributed by atoms with Crippen LogP contribution in [0.2, 0.25) is 0 Å². The van der Waals surface area contributed by atoms with Crippen LogP contribution in [0.5, 0.6) is 5.75 Å². The summed E-state index contributed by atoms with van der Waals surface area (Å²) in [4.78, 5) is 27.7. The predicted molar refractivity (Wildman–Crippen MR) is 133 cm³/mol. The zero-order chi connectivity index (χ0) is 24.4. The number of nitrogens with one attached hydrogen (secondary N) is 1. The van der Waals surface area contributed by atoms with Crippen LogP contribution in [0.4, 0.5) is 5.69 Å². The Morgan fingerprint density at radius 3 is 2.71 bits per heavy atom. The number of piperidine rings is 1. The molecule has 0 bridgehead atoms. The molecule has 2 aliphatic rings. The molecule has 1 saturated heterocycles. The highest BCUT2D eigenvalue weighted by Crippen LogP contribution is 2.30. The van der Waals surface area contributed by atoms with E-state index < -0.39 is 11.5 Å². The van der Waals surface area contributed by atoms with Crippen LogP contribution in [0, 0.1) is 12.8 Å². The Hall–Kier alpha value is -3.20. The number of aryl methyl sites for hydroxylation is 1. The first kappa shape index (κ1) is 23.5. The second-order valence-corrected chi connectivity index (χ2v) is 9.96. The van der Waals surface area contributed by atoms with E-state index in [9.17, 15) is 9.59 Å². The van der Waals surface area contributed by atoms with E-state index in [0.717, 1.165) is 43.8 Å². The highest BCUT2D eigenvalue weighted by Gasteiger charge is 2.21. The summed E-state index contributed by atoms with van der Waals surface area (Å²) >= 11 is 0. The molecule has 1 saturated carbocycles. The molecule has 1 aromatic carbocycles. The summed E-state index contributed by atoms with van der Waals surface area (Å²) < 4.78 is 13.6. The number of ether oxygens (including phenoxy) is 1. The maximum Gasteiger partial charge on any atom is 0.360 e. The lowest BCUT2D eigenvalue weighted by Gasteiger charge is -2.29. The number of nitrogens with zero attached hydrogens (tertiary/aromatic N) is 4. The quantitative estimate of drug-likeness (QED) is 0.533. The molecule has 186 valence electrons. The number of anilines is 1. The molecule has 2 aromatic heterocycles. The summed E-state index contributed by atoms with van der Waals surface area (Å²) in [5.41, 5.74) is 0.894. The van der Waals surface area contributed by atoms with Crippen molar-refractivity contribution in [3.63, 3.8) is 0 Å². The standard InChI is InChI=1S/C26H33N5O4/c1-17-23(34-20-10-12-30(2)13-11-20)9-8-19-14-21(26(33)35-24(17)19)27-25(32)22-16-31(29-28-22)15-18-6-4-3-5-7-18/h8-9,14,16,18,20H,3-7,10-13,15H2,1-2H3,(H,27,32). The van der Waals surface area contributed by atoms with Gasteiger partial charge in [-0.1, -0.05) is 24.5 Å². The number of carbonyl (C=O) groups excluding carboxylic acids is 1. The lowest BCUT2D eigenvalue weighted by atomic mass is 9.89. The van der Waals surface area contributed by atoms with Gasteiger partial charge >= 0.3 is 5.63 Å². The number of likely N-dealkylation sites (tertiary alicyclic amines) is 1. The van der Waals surface area contributed by atoms with Crippen molar-refractivity contribution in [1.29, 1.82) is 0 Å². The number of rotatable bonds is 6. The molecule has 9 nitrogen and oxygen atoms in total. The van der Waals surface area contributed by atoms with Crippen LogP contribution in [0.15, 0.2) is 33.6 Å². The smallest absolute Gasteiger partial charge is 0.360 e. The van der Waals surface area contributed by atoms with Crippen molar-refractivity contribution in [3.05, 3.63) is 46.1 Å². The minimum atomic E-state index is -0.611. The van der Waals surface area contributed by atoms with E-state index in [1.54, 1.807) is 16.9 Å². The molecule has 1 amide bonds. The fourth-order valence-electron chi connectivity index (χ4n) is 5.12. The summed E-state index contributed by atoms with van der Waals surface area (Å²) in [7, 11) is 2.11.